The van der Waals surface area contributed by atoms with Crippen LogP contribution in [0.2, 0.25) is 0 Å². The van der Waals surface area contributed by atoms with Crippen LogP contribution in [0.3, 0.4) is 0 Å². The van der Waals surface area contributed by atoms with Gasteiger partial charge in [0.05, 0.1) is 11.3 Å². The number of carbonyl (C=O) groups is 2. The second-order valence-electron chi connectivity index (χ2n) is 6.54. The molecule has 0 bridgehead atoms. The standard InChI is InChI=1S/C21H20N2O2S2/c1-14(2)17-10-8-16(9-11-17)12-18-20(25)23(21(26)27-18)22-19(24)13-15-6-4-3-5-7-15/h3-12,14H,13H2,1-2H3,(H,22,24)/b18-12-. The van der Waals surface area contributed by atoms with Gasteiger partial charge in [-0.15, -0.1) is 0 Å². The number of thioether (sulfide) groups is 1. The number of carbonyl (C=O) groups excluding carboxylic acids is 2. The highest BCUT2D eigenvalue weighted by Gasteiger charge is 2.33. The van der Waals surface area contributed by atoms with E-state index in [4.69, 9.17) is 12.2 Å². The highest BCUT2D eigenvalue weighted by Crippen LogP contribution is 2.31. The number of rotatable bonds is 5. The molecular weight excluding hydrogens is 376 g/mol. The van der Waals surface area contributed by atoms with Crippen molar-refractivity contribution in [3.63, 3.8) is 0 Å². The lowest BCUT2D eigenvalue weighted by atomic mass is 10.0. The average molecular weight is 397 g/mol. The van der Waals surface area contributed by atoms with E-state index in [-0.39, 0.29) is 18.2 Å². The zero-order chi connectivity index (χ0) is 19.4. The number of thiocarbonyl (C=S) groups is 1. The van der Waals surface area contributed by atoms with Gasteiger partial charge in [0, 0.05) is 0 Å². The molecule has 1 fully saturated rings. The van der Waals surface area contributed by atoms with Crippen molar-refractivity contribution in [3.05, 3.63) is 76.2 Å². The number of hydrazine groups is 1. The molecule has 0 aromatic heterocycles. The van der Waals surface area contributed by atoms with Gasteiger partial charge in [0.25, 0.3) is 5.91 Å². The summed E-state index contributed by atoms with van der Waals surface area (Å²) in [6.45, 7) is 4.27. The number of hydrogen-bond donors (Lipinski definition) is 1. The molecule has 2 aromatic rings. The predicted octanol–water partition coefficient (Wildman–Crippen LogP) is 4.29. The van der Waals surface area contributed by atoms with Gasteiger partial charge in [-0.2, -0.15) is 5.01 Å². The first-order valence-electron chi connectivity index (χ1n) is 8.65. The third kappa shape index (κ3) is 4.84. The molecule has 0 atom stereocenters. The monoisotopic (exact) mass is 396 g/mol. The average Bonchev–Trinajstić information content (AvgIpc) is 2.90. The summed E-state index contributed by atoms with van der Waals surface area (Å²) in [7, 11) is 0. The van der Waals surface area contributed by atoms with Crippen molar-refractivity contribution in [1.82, 2.24) is 10.4 Å². The lowest BCUT2D eigenvalue weighted by Crippen LogP contribution is -2.45. The molecular formula is C21H20N2O2S2. The molecule has 2 amide bonds. The van der Waals surface area contributed by atoms with E-state index in [1.165, 1.54) is 17.3 Å². The molecule has 0 unspecified atom stereocenters. The van der Waals surface area contributed by atoms with Gasteiger partial charge in [0.2, 0.25) is 5.91 Å². The lowest BCUT2D eigenvalue weighted by molar-refractivity contribution is -0.132. The fourth-order valence-electron chi connectivity index (χ4n) is 2.64. The van der Waals surface area contributed by atoms with Crippen LogP contribution in [0.5, 0.6) is 0 Å². The molecule has 0 radical (unpaired) electrons. The van der Waals surface area contributed by atoms with Gasteiger partial charge in [0.1, 0.15) is 0 Å². The van der Waals surface area contributed by atoms with Gasteiger partial charge >= 0.3 is 0 Å². The van der Waals surface area contributed by atoms with E-state index in [1.54, 1.807) is 6.08 Å². The molecule has 27 heavy (non-hydrogen) atoms. The first kappa shape index (κ1) is 19.3. The molecule has 6 heteroatoms. The molecule has 1 aliphatic heterocycles. The van der Waals surface area contributed by atoms with Crippen molar-refractivity contribution in [2.24, 2.45) is 0 Å². The SMILES string of the molecule is CC(C)c1ccc(/C=C2\SC(=S)N(NC(=O)Cc3ccccc3)C2=O)cc1. The topological polar surface area (TPSA) is 49.4 Å². The number of benzene rings is 2. The van der Waals surface area contributed by atoms with Gasteiger partial charge in [-0.05, 0) is 40.9 Å². The van der Waals surface area contributed by atoms with Crippen LogP contribution in [0.4, 0.5) is 0 Å². The van der Waals surface area contributed by atoms with Crippen molar-refractivity contribution in [1.29, 1.82) is 0 Å². The van der Waals surface area contributed by atoms with Gasteiger partial charge in [0.15, 0.2) is 4.32 Å². The number of nitrogens with zero attached hydrogens (tertiary/aromatic N) is 1. The number of nitrogens with one attached hydrogen (secondary N) is 1. The second kappa shape index (κ2) is 8.50. The predicted molar refractivity (Wildman–Crippen MR) is 114 cm³/mol. The minimum Gasteiger partial charge on any atom is -0.273 e. The summed E-state index contributed by atoms with van der Waals surface area (Å²) < 4.78 is 0.325. The van der Waals surface area contributed by atoms with Crippen LogP contribution in [-0.2, 0) is 16.0 Å². The summed E-state index contributed by atoms with van der Waals surface area (Å²) in [4.78, 5) is 25.3. The largest absolute Gasteiger partial charge is 0.285 e. The minimum atomic E-state index is -0.306. The lowest BCUT2D eigenvalue weighted by Gasteiger charge is -2.15. The Labute approximate surface area is 168 Å². The molecule has 0 aliphatic carbocycles. The van der Waals surface area contributed by atoms with Crippen LogP contribution < -0.4 is 5.43 Å². The van der Waals surface area contributed by atoms with E-state index in [9.17, 15) is 9.59 Å². The van der Waals surface area contributed by atoms with E-state index in [1.807, 2.05) is 42.5 Å². The smallest absolute Gasteiger partial charge is 0.273 e. The van der Waals surface area contributed by atoms with Crippen molar-refractivity contribution >= 4 is 46.2 Å². The molecule has 4 nitrogen and oxygen atoms in total. The van der Waals surface area contributed by atoms with Crippen LogP contribution in [0.1, 0.15) is 36.5 Å². The number of amides is 2. The molecule has 1 saturated heterocycles. The van der Waals surface area contributed by atoms with E-state index < -0.39 is 0 Å². The van der Waals surface area contributed by atoms with Crippen molar-refractivity contribution < 1.29 is 9.59 Å². The molecule has 3 rings (SSSR count). The summed E-state index contributed by atoms with van der Waals surface area (Å²) in [5, 5.41) is 1.15. The van der Waals surface area contributed by atoms with Gasteiger partial charge in [-0.3, -0.25) is 15.0 Å². The fraction of sp³-hybridized carbons (Fsp3) is 0.190. The molecule has 1 aliphatic rings. The van der Waals surface area contributed by atoms with Gasteiger partial charge in [-0.25, -0.2) is 0 Å². The van der Waals surface area contributed by atoms with E-state index in [2.05, 4.69) is 31.4 Å². The molecule has 138 valence electrons. The number of hydrogen-bond acceptors (Lipinski definition) is 4. The Morgan fingerprint density at radius 2 is 1.81 bits per heavy atom. The van der Waals surface area contributed by atoms with Crippen LogP contribution in [-0.4, -0.2) is 21.1 Å². The highest BCUT2D eigenvalue weighted by atomic mass is 32.2. The van der Waals surface area contributed by atoms with E-state index in [0.717, 1.165) is 16.1 Å². The quantitative estimate of drug-likeness (QED) is 0.605. The third-order valence-electron chi connectivity index (χ3n) is 4.14. The molecule has 1 heterocycles. The summed E-state index contributed by atoms with van der Waals surface area (Å²) in [6, 6.07) is 17.4. The normalized spacial score (nSPS) is 15.7. The Bertz CT molecular complexity index is 890. The van der Waals surface area contributed by atoms with Crippen LogP contribution in [0.25, 0.3) is 6.08 Å². The zero-order valence-corrected chi connectivity index (χ0v) is 16.8. The molecule has 0 spiro atoms. The van der Waals surface area contributed by atoms with E-state index >= 15 is 0 Å². The van der Waals surface area contributed by atoms with Crippen LogP contribution in [0.15, 0.2) is 59.5 Å². The Morgan fingerprint density at radius 3 is 2.44 bits per heavy atom. The Morgan fingerprint density at radius 1 is 1.15 bits per heavy atom. The highest BCUT2D eigenvalue weighted by molar-refractivity contribution is 8.26. The maximum atomic E-state index is 12.6. The maximum absolute atomic E-state index is 12.6. The van der Waals surface area contributed by atoms with Crippen LogP contribution >= 0.6 is 24.0 Å². The molecule has 1 N–H and O–H groups in total. The van der Waals surface area contributed by atoms with Crippen molar-refractivity contribution in [2.75, 3.05) is 0 Å². The summed E-state index contributed by atoms with van der Waals surface area (Å²) in [6.07, 6.45) is 1.99. The van der Waals surface area contributed by atoms with Crippen molar-refractivity contribution in [3.8, 4) is 0 Å². The summed E-state index contributed by atoms with van der Waals surface area (Å²) in [5.74, 6) is -0.128. The Balaban J connectivity index is 1.68. The first-order chi connectivity index (χ1) is 12.9. The minimum absolute atomic E-state index is 0.188. The second-order valence-corrected chi connectivity index (χ2v) is 8.21. The first-order valence-corrected chi connectivity index (χ1v) is 9.88. The van der Waals surface area contributed by atoms with Crippen molar-refractivity contribution in [2.45, 2.75) is 26.2 Å². The van der Waals surface area contributed by atoms with Gasteiger partial charge < -0.3 is 0 Å². The molecule has 0 saturated carbocycles. The fourth-order valence-corrected chi connectivity index (χ4v) is 3.82. The van der Waals surface area contributed by atoms with E-state index in [0.29, 0.717) is 15.1 Å². The maximum Gasteiger partial charge on any atom is 0.285 e. The third-order valence-corrected chi connectivity index (χ3v) is 5.44. The zero-order valence-electron chi connectivity index (χ0n) is 15.1. The van der Waals surface area contributed by atoms with Crippen LogP contribution in [0, 0.1) is 0 Å². The molecule has 2 aromatic carbocycles. The Kier molecular flexibility index (Phi) is 6.08. The Hall–Kier alpha value is -2.44. The van der Waals surface area contributed by atoms with Gasteiger partial charge in [-0.1, -0.05) is 80.2 Å². The summed E-state index contributed by atoms with van der Waals surface area (Å²) >= 11 is 6.45. The summed E-state index contributed by atoms with van der Waals surface area (Å²) in [5.41, 5.74) is 5.65.